The second-order valence-corrected chi connectivity index (χ2v) is 5.26. The summed E-state index contributed by atoms with van der Waals surface area (Å²) in [5.41, 5.74) is 1.96. The molecule has 2 aliphatic carbocycles. The zero-order valence-electron chi connectivity index (χ0n) is 9.45. The van der Waals surface area contributed by atoms with E-state index in [0.29, 0.717) is 17.9 Å². The van der Waals surface area contributed by atoms with Crippen molar-refractivity contribution in [3.8, 4) is 0 Å². The summed E-state index contributed by atoms with van der Waals surface area (Å²) in [6.45, 7) is 7.76. The molecule has 0 aromatic rings. The van der Waals surface area contributed by atoms with Crippen molar-refractivity contribution < 1.29 is 5.11 Å². The molecule has 80 valence electrons. The lowest BCUT2D eigenvalue weighted by Gasteiger charge is -2.16. The lowest BCUT2D eigenvalue weighted by molar-refractivity contribution is 0.306. The van der Waals surface area contributed by atoms with E-state index < -0.39 is 0 Å². The van der Waals surface area contributed by atoms with Crippen LogP contribution in [0, 0.1) is 23.2 Å². The highest BCUT2D eigenvalue weighted by molar-refractivity contribution is 5.91. The Hall–Kier alpha value is -0.370. The minimum Gasteiger partial charge on any atom is -0.394 e. The predicted octanol–water partition coefficient (Wildman–Crippen LogP) is 2.12. The highest BCUT2D eigenvalue weighted by Crippen LogP contribution is 2.68. The van der Waals surface area contributed by atoms with Crippen molar-refractivity contribution in [1.29, 1.82) is 0 Å². The van der Waals surface area contributed by atoms with E-state index in [1.54, 1.807) is 0 Å². The molecule has 0 radical (unpaired) electrons. The highest BCUT2D eigenvalue weighted by atomic mass is 16.3. The van der Waals surface area contributed by atoms with E-state index in [1.165, 1.54) is 18.6 Å². The Morgan fingerprint density at radius 3 is 2.79 bits per heavy atom. The van der Waals surface area contributed by atoms with E-state index in [4.69, 9.17) is 5.11 Å². The van der Waals surface area contributed by atoms with Crippen LogP contribution in [0.5, 0.6) is 0 Å². The Morgan fingerprint density at radius 2 is 2.29 bits per heavy atom. The molecule has 14 heavy (non-hydrogen) atoms. The molecule has 3 unspecified atom stereocenters. The zero-order valence-corrected chi connectivity index (χ0v) is 9.45. The van der Waals surface area contributed by atoms with Crippen molar-refractivity contribution in [1.82, 2.24) is 0 Å². The first-order valence-electron chi connectivity index (χ1n) is 5.76. The molecule has 0 aliphatic heterocycles. The molecule has 1 N–H and O–H groups in total. The van der Waals surface area contributed by atoms with Crippen molar-refractivity contribution >= 4 is 5.71 Å². The van der Waals surface area contributed by atoms with Crippen LogP contribution in [0.3, 0.4) is 0 Å². The molecule has 0 aromatic heterocycles. The molecule has 0 saturated heterocycles. The van der Waals surface area contributed by atoms with Gasteiger partial charge in [0.1, 0.15) is 0 Å². The number of fused-ring (bicyclic) bond motifs is 1. The standard InChI is InChI=1S/C12H21NO/c1-8(2)12-6-10(12)9(3)11(7-12)13-4-5-14/h8-10,14H,4-7H2,1-3H3. The van der Waals surface area contributed by atoms with Crippen molar-refractivity contribution in [3.05, 3.63) is 0 Å². The van der Waals surface area contributed by atoms with E-state index in [9.17, 15) is 0 Å². The van der Waals surface area contributed by atoms with Crippen LogP contribution in [-0.4, -0.2) is 24.0 Å². The molecule has 2 nitrogen and oxygen atoms in total. The van der Waals surface area contributed by atoms with Crippen molar-refractivity contribution in [3.63, 3.8) is 0 Å². The normalized spacial score (nSPS) is 43.4. The summed E-state index contributed by atoms with van der Waals surface area (Å²) in [5, 5.41) is 8.76. The molecule has 0 spiro atoms. The number of hydrogen-bond acceptors (Lipinski definition) is 2. The summed E-state index contributed by atoms with van der Waals surface area (Å²) in [6.07, 6.45) is 2.60. The lowest BCUT2D eigenvalue weighted by atomic mass is 9.90. The van der Waals surface area contributed by atoms with Gasteiger partial charge >= 0.3 is 0 Å². The van der Waals surface area contributed by atoms with Crippen LogP contribution in [0.2, 0.25) is 0 Å². The fourth-order valence-electron chi connectivity index (χ4n) is 3.22. The minimum absolute atomic E-state index is 0.190. The average Bonchev–Trinajstić information content (AvgIpc) is 2.81. The Morgan fingerprint density at radius 1 is 1.57 bits per heavy atom. The Labute approximate surface area is 86.4 Å². The SMILES string of the molecule is CC1C(=NCCO)CC2(C(C)C)CC12. The van der Waals surface area contributed by atoms with E-state index in [0.717, 1.165) is 11.8 Å². The van der Waals surface area contributed by atoms with E-state index in [1.807, 2.05) is 0 Å². The molecule has 2 aliphatic rings. The maximum atomic E-state index is 8.76. The summed E-state index contributed by atoms with van der Waals surface area (Å²) in [4.78, 5) is 4.50. The topological polar surface area (TPSA) is 32.6 Å². The fraction of sp³-hybridized carbons (Fsp3) is 0.917. The van der Waals surface area contributed by atoms with Gasteiger partial charge in [-0.15, -0.1) is 0 Å². The molecule has 2 fully saturated rings. The highest BCUT2D eigenvalue weighted by Gasteiger charge is 2.63. The van der Waals surface area contributed by atoms with E-state index >= 15 is 0 Å². The molecule has 0 amide bonds. The monoisotopic (exact) mass is 195 g/mol. The molecular weight excluding hydrogens is 174 g/mol. The van der Waals surface area contributed by atoms with Gasteiger partial charge in [0.05, 0.1) is 13.2 Å². The number of rotatable bonds is 3. The summed E-state index contributed by atoms with van der Waals surface area (Å²) in [7, 11) is 0. The molecule has 0 heterocycles. The average molecular weight is 195 g/mol. The smallest absolute Gasteiger partial charge is 0.0626 e. The summed E-state index contributed by atoms with van der Waals surface area (Å²) in [5.74, 6) is 2.35. The van der Waals surface area contributed by atoms with Crippen LogP contribution in [0.1, 0.15) is 33.6 Å². The maximum Gasteiger partial charge on any atom is 0.0626 e. The molecule has 2 heteroatoms. The van der Waals surface area contributed by atoms with Gasteiger partial charge in [-0.2, -0.15) is 0 Å². The Kier molecular flexibility index (Phi) is 2.42. The van der Waals surface area contributed by atoms with Crippen LogP contribution in [0.25, 0.3) is 0 Å². The van der Waals surface area contributed by atoms with Gasteiger partial charge in [-0.1, -0.05) is 20.8 Å². The summed E-state index contributed by atoms with van der Waals surface area (Å²) < 4.78 is 0. The van der Waals surface area contributed by atoms with Gasteiger partial charge in [-0.05, 0) is 36.0 Å². The third kappa shape index (κ3) is 1.31. The van der Waals surface area contributed by atoms with E-state index in [2.05, 4.69) is 25.8 Å². The second-order valence-electron chi connectivity index (χ2n) is 5.26. The maximum absolute atomic E-state index is 8.76. The van der Waals surface area contributed by atoms with Gasteiger partial charge in [0, 0.05) is 5.71 Å². The fourth-order valence-corrected chi connectivity index (χ4v) is 3.22. The summed E-state index contributed by atoms with van der Waals surface area (Å²) in [6, 6.07) is 0. The van der Waals surface area contributed by atoms with Crippen LogP contribution in [-0.2, 0) is 0 Å². The molecule has 2 rings (SSSR count). The van der Waals surface area contributed by atoms with Crippen LogP contribution < -0.4 is 0 Å². The first kappa shape index (κ1) is 10.2. The quantitative estimate of drug-likeness (QED) is 0.735. The molecule has 3 atom stereocenters. The van der Waals surface area contributed by atoms with E-state index in [-0.39, 0.29) is 6.61 Å². The van der Waals surface area contributed by atoms with Gasteiger partial charge in [0.25, 0.3) is 0 Å². The van der Waals surface area contributed by atoms with Crippen LogP contribution >= 0.6 is 0 Å². The molecule has 2 saturated carbocycles. The third-order valence-electron chi connectivity index (χ3n) is 4.38. The Balaban J connectivity index is 2.07. The summed E-state index contributed by atoms with van der Waals surface area (Å²) >= 11 is 0. The molecular formula is C12H21NO. The molecule has 0 bridgehead atoms. The number of aliphatic imine (C=N–C) groups is 1. The van der Waals surface area contributed by atoms with Gasteiger partial charge in [0.2, 0.25) is 0 Å². The predicted molar refractivity (Wildman–Crippen MR) is 58.5 cm³/mol. The molecule has 0 aromatic carbocycles. The van der Waals surface area contributed by atoms with Crippen LogP contribution in [0.15, 0.2) is 4.99 Å². The van der Waals surface area contributed by atoms with Gasteiger partial charge < -0.3 is 5.11 Å². The largest absolute Gasteiger partial charge is 0.394 e. The van der Waals surface area contributed by atoms with Gasteiger partial charge in [0.15, 0.2) is 0 Å². The zero-order chi connectivity index (χ0) is 10.3. The number of hydrogen-bond donors (Lipinski definition) is 1. The number of nitrogens with zero attached hydrogens (tertiary/aromatic N) is 1. The first-order valence-corrected chi connectivity index (χ1v) is 5.76. The van der Waals surface area contributed by atoms with Crippen molar-refractivity contribution in [2.24, 2.45) is 28.2 Å². The van der Waals surface area contributed by atoms with Crippen molar-refractivity contribution in [2.45, 2.75) is 33.6 Å². The minimum atomic E-state index is 0.190. The number of aliphatic hydroxyl groups is 1. The first-order chi connectivity index (χ1) is 6.62. The van der Waals surface area contributed by atoms with Crippen molar-refractivity contribution in [2.75, 3.05) is 13.2 Å². The lowest BCUT2D eigenvalue weighted by Crippen LogP contribution is -2.12. The number of aliphatic hydroxyl groups excluding tert-OH is 1. The van der Waals surface area contributed by atoms with Gasteiger partial charge in [-0.25, -0.2) is 0 Å². The Bertz CT molecular complexity index is 259. The van der Waals surface area contributed by atoms with Crippen LogP contribution in [0.4, 0.5) is 0 Å². The van der Waals surface area contributed by atoms with Gasteiger partial charge in [-0.3, -0.25) is 4.99 Å². The third-order valence-corrected chi connectivity index (χ3v) is 4.38. The second kappa shape index (κ2) is 3.34.